The topological polar surface area (TPSA) is 74.7 Å². The van der Waals surface area contributed by atoms with Gasteiger partial charge in [0.2, 0.25) is 0 Å². The molecule has 0 aromatic carbocycles. The molecule has 104 valence electrons. The minimum Gasteiger partial charge on any atom is -0.457 e. The Morgan fingerprint density at radius 2 is 2.40 bits per heavy atom. The molecule has 2 aromatic rings. The van der Waals surface area contributed by atoms with E-state index in [1.807, 2.05) is 0 Å². The van der Waals surface area contributed by atoms with Gasteiger partial charge in [-0.2, -0.15) is 0 Å². The van der Waals surface area contributed by atoms with Gasteiger partial charge in [-0.25, -0.2) is 9.59 Å². The van der Waals surface area contributed by atoms with Crippen LogP contribution in [-0.4, -0.2) is 36.4 Å². The molecule has 3 rings (SSSR count). The minimum atomic E-state index is -0.733. The number of esters is 1. The smallest absolute Gasteiger partial charge is 0.457 e. The first-order chi connectivity index (χ1) is 9.63. The molecule has 0 bridgehead atoms. The lowest BCUT2D eigenvalue weighted by molar-refractivity contribution is 0.0305. The highest BCUT2D eigenvalue weighted by Gasteiger charge is 2.26. The third-order valence-corrected chi connectivity index (χ3v) is 4.66. The number of pyridine rings is 1. The van der Waals surface area contributed by atoms with Crippen molar-refractivity contribution in [3.63, 3.8) is 0 Å². The molecule has 1 unspecified atom stereocenters. The van der Waals surface area contributed by atoms with Crippen LogP contribution in [0.25, 0.3) is 10.1 Å². The maximum Gasteiger partial charge on any atom is 0.508 e. The predicted molar refractivity (Wildman–Crippen MR) is 73.8 cm³/mol. The molecule has 6 nitrogen and oxygen atoms in total. The number of aromatic nitrogens is 1. The van der Waals surface area contributed by atoms with E-state index in [-0.39, 0.29) is 13.2 Å². The summed E-state index contributed by atoms with van der Waals surface area (Å²) in [6.07, 6.45) is 2.08. The van der Waals surface area contributed by atoms with Crippen LogP contribution in [0.5, 0.6) is 0 Å². The van der Waals surface area contributed by atoms with Crippen molar-refractivity contribution in [3.05, 3.63) is 27.8 Å². The number of carbonyl (C=O) groups is 2. The summed E-state index contributed by atoms with van der Waals surface area (Å²) < 4.78 is 16.2. The van der Waals surface area contributed by atoms with Crippen LogP contribution in [0.3, 0.4) is 0 Å². The molecule has 3 heterocycles. The monoisotopic (exact) mass is 357 g/mol. The van der Waals surface area contributed by atoms with E-state index in [1.165, 1.54) is 11.3 Å². The molecule has 0 N–H and O–H groups in total. The van der Waals surface area contributed by atoms with Crippen molar-refractivity contribution in [2.45, 2.75) is 6.10 Å². The van der Waals surface area contributed by atoms with Crippen LogP contribution in [0.1, 0.15) is 9.67 Å². The van der Waals surface area contributed by atoms with Gasteiger partial charge in [0.05, 0.1) is 9.17 Å². The van der Waals surface area contributed by atoms with Gasteiger partial charge >= 0.3 is 12.1 Å². The highest BCUT2D eigenvalue weighted by atomic mass is 79.9. The molecule has 0 radical (unpaired) electrons. The Labute approximate surface area is 125 Å². The van der Waals surface area contributed by atoms with Crippen molar-refractivity contribution < 1.29 is 23.8 Å². The Balaban J connectivity index is 1.69. The van der Waals surface area contributed by atoms with E-state index < -0.39 is 18.2 Å². The molecule has 0 aliphatic carbocycles. The number of cyclic esters (lactones) is 2. The number of carbonyl (C=O) groups excluding carboxylic acids is 2. The number of hydrogen-bond acceptors (Lipinski definition) is 7. The molecule has 1 aliphatic rings. The van der Waals surface area contributed by atoms with Crippen molar-refractivity contribution in [2.24, 2.45) is 0 Å². The summed E-state index contributed by atoms with van der Waals surface area (Å²) in [6.45, 7) is 0.0895. The van der Waals surface area contributed by atoms with E-state index in [0.717, 1.165) is 14.6 Å². The lowest BCUT2D eigenvalue weighted by atomic mass is 10.3. The zero-order valence-electron chi connectivity index (χ0n) is 10.00. The summed E-state index contributed by atoms with van der Waals surface area (Å²) in [7, 11) is 0. The summed E-state index contributed by atoms with van der Waals surface area (Å²) in [5.74, 6) is -0.457. The van der Waals surface area contributed by atoms with E-state index in [9.17, 15) is 9.59 Å². The van der Waals surface area contributed by atoms with Gasteiger partial charge in [0.25, 0.3) is 0 Å². The number of halogens is 1. The summed E-state index contributed by atoms with van der Waals surface area (Å²) >= 11 is 4.70. The van der Waals surface area contributed by atoms with Crippen LogP contribution in [0.15, 0.2) is 22.9 Å². The average molecular weight is 358 g/mol. The number of ether oxygens (including phenoxy) is 3. The maximum atomic E-state index is 11.9. The lowest BCUT2D eigenvalue weighted by Gasteiger charge is -2.06. The first kappa shape index (κ1) is 13.3. The molecule has 0 spiro atoms. The second-order valence-corrected chi connectivity index (χ2v) is 5.96. The number of thiophene rings is 1. The van der Waals surface area contributed by atoms with Gasteiger partial charge in [0.1, 0.15) is 18.1 Å². The van der Waals surface area contributed by atoms with Crippen molar-refractivity contribution in [2.75, 3.05) is 13.2 Å². The van der Waals surface area contributed by atoms with E-state index in [1.54, 1.807) is 18.5 Å². The fraction of sp³-hybridized carbons (Fsp3) is 0.250. The minimum absolute atomic E-state index is 0.0156. The molecule has 0 saturated carbocycles. The quantitative estimate of drug-likeness (QED) is 0.786. The summed E-state index contributed by atoms with van der Waals surface area (Å²) in [4.78, 5) is 27.2. The number of hydrogen-bond donors (Lipinski definition) is 0. The second-order valence-electron chi connectivity index (χ2n) is 4.05. The van der Waals surface area contributed by atoms with Crippen LogP contribution in [0.2, 0.25) is 0 Å². The normalized spacial score (nSPS) is 17.9. The molecule has 20 heavy (non-hydrogen) atoms. The molecule has 1 saturated heterocycles. The maximum absolute atomic E-state index is 11.9. The third-order valence-electron chi connectivity index (χ3n) is 2.63. The van der Waals surface area contributed by atoms with Gasteiger partial charge in [-0.3, -0.25) is 4.98 Å². The third kappa shape index (κ3) is 2.61. The number of fused-ring (bicyclic) bond motifs is 1. The Morgan fingerprint density at radius 3 is 3.10 bits per heavy atom. The largest absolute Gasteiger partial charge is 0.508 e. The van der Waals surface area contributed by atoms with Crippen molar-refractivity contribution >= 4 is 49.5 Å². The van der Waals surface area contributed by atoms with E-state index in [2.05, 4.69) is 25.7 Å². The zero-order chi connectivity index (χ0) is 14.1. The van der Waals surface area contributed by atoms with Gasteiger partial charge < -0.3 is 14.2 Å². The summed E-state index contributed by atoms with van der Waals surface area (Å²) in [5, 5.41) is 0.868. The molecule has 2 aromatic heterocycles. The van der Waals surface area contributed by atoms with Gasteiger partial charge in [0, 0.05) is 17.8 Å². The SMILES string of the molecule is O=C1OCC(COC(=O)c2cc3cncc(Br)c3s2)O1. The highest BCUT2D eigenvalue weighted by molar-refractivity contribution is 9.10. The number of nitrogens with zero attached hydrogens (tertiary/aromatic N) is 1. The Bertz CT molecular complexity index is 686. The van der Waals surface area contributed by atoms with E-state index >= 15 is 0 Å². The molecule has 1 atom stereocenters. The van der Waals surface area contributed by atoms with Gasteiger partial charge in [-0.15, -0.1) is 11.3 Å². The first-order valence-electron chi connectivity index (χ1n) is 5.67. The molecular formula is C12H8BrNO5S. The number of rotatable bonds is 3. The van der Waals surface area contributed by atoms with E-state index in [0.29, 0.717) is 4.88 Å². The molecular weight excluding hydrogens is 350 g/mol. The lowest BCUT2D eigenvalue weighted by Crippen LogP contribution is -2.20. The Morgan fingerprint density at radius 1 is 1.55 bits per heavy atom. The second kappa shape index (κ2) is 5.37. The predicted octanol–water partition coefficient (Wildman–Crippen LogP) is 2.75. The Kier molecular flexibility index (Phi) is 3.58. The van der Waals surface area contributed by atoms with Crippen LogP contribution >= 0.6 is 27.3 Å². The molecule has 1 fully saturated rings. The van der Waals surface area contributed by atoms with E-state index in [4.69, 9.17) is 9.47 Å². The van der Waals surface area contributed by atoms with Gasteiger partial charge in [-0.05, 0) is 22.0 Å². The van der Waals surface area contributed by atoms with Crippen molar-refractivity contribution in [3.8, 4) is 0 Å². The summed E-state index contributed by atoms with van der Waals surface area (Å²) in [5.41, 5.74) is 0. The van der Waals surface area contributed by atoms with Crippen LogP contribution in [-0.2, 0) is 14.2 Å². The van der Waals surface area contributed by atoms with Crippen LogP contribution in [0, 0.1) is 0 Å². The standard InChI is InChI=1S/C12H8BrNO5S/c13-8-3-14-2-6-1-9(20-10(6)8)11(15)17-4-7-5-18-12(16)19-7/h1-3,7H,4-5H2. The summed E-state index contributed by atoms with van der Waals surface area (Å²) in [6, 6.07) is 1.72. The van der Waals surface area contributed by atoms with Gasteiger partial charge in [-0.1, -0.05) is 0 Å². The first-order valence-corrected chi connectivity index (χ1v) is 7.28. The highest BCUT2D eigenvalue weighted by Crippen LogP contribution is 2.31. The van der Waals surface area contributed by atoms with Gasteiger partial charge in [0.15, 0.2) is 6.10 Å². The van der Waals surface area contributed by atoms with Crippen LogP contribution < -0.4 is 0 Å². The molecule has 0 amide bonds. The zero-order valence-corrected chi connectivity index (χ0v) is 12.4. The Hall–Kier alpha value is -1.67. The fourth-order valence-corrected chi connectivity index (χ4v) is 3.23. The molecule has 8 heteroatoms. The van der Waals surface area contributed by atoms with Crippen molar-refractivity contribution in [1.82, 2.24) is 4.98 Å². The van der Waals surface area contributed by atoms with Crippen molar-refractivity contribution in [1.29, 1.82) is 0 Å². The molecule has 1 aliphatic heterocycles. The van der Waals surface area contributed by atoms with Crippen LogP contribution in [0.4, 0.5) is 4.79 Å². The average Bonchev–Trinajstić information content (AvgIpc) is 3.03. The fourth-order valence-electron chi connectivity index (χ4n) is 1.72.